The van der Waals surface area contributed by atoms with Gasteiger partial charge in [0.25, 0.3) is 0 Å². The summed E-state index contributed by atoms with van der Waals surface area (Å²) < 4.78 is 6.01. The number of rotatable bonds is 5. The van der Waals surface area contributed by atoms with E-state index in [9.17, 15) is 9.90 Å². The van der Waals surface area contributed by atoms with Gasteiger partial charge in [0, 0.05) is 33.8 Å². The van der Waals surface area contributed by atoms with Gasteiger partial charge in [-0.05, 0) is 63.3 Å². The summed E-state index contributed by atoms with van der Waals surface area (Å²) in [6.07, 6.45) is 2.81. The van der Waals surface area contributed by atoms with Crippen LogP contribution in [0, 0.1) is 19.8 Å². The Labute approximate surface area is 176 Å². The Balaban J connectivity index is 0.00000225. The van der Waals surface area contributed by atoms with E-state index < -0.39 is 6.10 Å². The fraction of sp³-hybridized carbons (Fsp3) is 0.500. The molecule has 0 aliphatic heterocycles. The lowest BCUT2D eigenvalue weighted by Gasteiger charge is -2.25. The molecule has 1 aromatic carbocycles. The fourth-order valence-corrected chi connectivity index (χ4v) is 5.32. The van der Waals surface area contributed by atoms with Crippen LogP contribution in [0.2, 0.25) is 0 Å². The predicted octanol–water partition coefficient (Wildman–Crippen LogP) is 4.09. The number of aliphatic hydroxyl groups is 1. The standard InChI is InChI=1S/C22H27NO3S.ClH/c1-13-4-3-5-16(10-13)26-19-8-7-18(22(19)25)23-12-15-6-9-20-17(21(15)24)11-14(2)27-20;/h3-5,10-11,15,18-19,22-23,25H,6-9,12H2,1-2H3;1H. The maximum absolute atomic E-state index is 12.7. The molecule has 2 aliphatic carbocycles. The number of aryl methyl sites for hydroxylation is 3. The zero-order chi connectivity index (χ0) is 19.0. The van der Waals surface area contributed by atoms with E-state index in [2.05, 4.69) is 12.2 Å². The van der Waals surface area contributed by atoms with Crippen molar-refractivity contribution in [2.45, 2.75) is 57.8 Å². The first-order valence-electron chi connectivity index (χ1n) is 9.79. The molecule has 2 aromatic rings. The molecule has 4 nitrogen and oxygen atoms in total. The van der Waals surface area contributed by atoms with Crippen molar-refractivity contribution in [2.75, 3.05) is 6.54 Å². The number of Topliss-reactive ketones (excluding diaryl/α,β-unsaturated/α-hetero) is 1. The zero-order valence-corrected chi connectivity index (χ0v) is 17.9. The van der Waals surface area contributed by atoms with Crippen LogP contribution in [0.15, 0.2) is 30.3 Å². The van der Waals surface area contributed by atoms with E-state index in [1.165, 1.54) is 9.75 Å². The van der Waals surface area contributed by atoms with Crippen LogP contribution in [0.25, 0.3) is 0 Å². The quantitative estimate of drug-likeness (QED) is 0.763. The maximum Gasteiger partial charge on any atom is 0.168 e. The number of carbonyl (C=O) groups excluding carboxylic acids is 1. The van der Waals surface area contributed by atoms with Crippen molar-refractivity contribution in [3.8, 4) is 5.75 Å². The Bertz CT molecular complexity index is 837. The molecule has 4 rings (SSSR count). The second kappa shape index (κ2) is 8.95. The Morgan fingerprint density at radius 2 is 2.04 bits per heavy atom. The molecule has 4 unspecified atom stereocenters. The number of ketones is 1. The average Bonchev–Trinajstić information content (AvgIpc) is 3.18. The summed E-state index contributed by atoms with van der Waals surface area (Å²) in [7, 11) is 0. The van der Waals surface area contributed by atoms with E-state index in [0.29, 0.717) is 6.54 Å². The molecule has 1 saturated carbocycles. The second-order valence-electron chi connectivity index (χ2n) is 7.85. The number of hydrogen-bond acceptors (Lipinski definition) is 5. The lowest BCUT2D eigenvalue weighted by atomic mass is 9.87. The van der Waals surface area contributed by atoms with Gasteiger partial charge < -0.3 is 15.2 Å². The number of carbonyl (C=O) groups is 1. The molecule has 2 aliphatic rings. The van der Waals surface area contributed by atoms with Gasteiger partial charge in [-0.15, -0.1) is 23.7 Å². The highest BCUT2D eigenvalue weighted by Gasteiger charge is 2.37. The van der Waals surface area contributed by atoms with Crippen molar-refractivity contribution in [1.82, 2.24) is 5.32 Å². The molecule has 1 aromatic heterocycles. The van der Waals surface area contributed by atoms with E-state index in [1.54, 1.807) is 11.3 Å². The SMILES string of the molecule is Cc1cccc(OC2CCC(NCC3CCc4sc(C)cc4C3=O)C2O)c1.Cl. The average molecular weight is 422 g/mol. The number of ether oxygens (including phenoxy) is 1. The van der Waals surface area contributed by atoms with Crippen molar-refractivity contribution < 1.29 is 14.6 Å². The molecule has 6 heteroatoms. The molecule has 1 heterocycles. The predicted molar refractivity (Wildman–Crippen MR) is 115 cm³/mol. The van der Waals surface area contributed by atoms with Crippen LogP contribution in [0.3, 0.4) is 0 Å². The largest absolute Gasteiger partial charge is 0.488 e. The van der Waals surface area contributed by atoms with Gasteiger partial charge in [0.15, 0.2) is 5.78 Å². The molecule has 4 atom stereocenters. The van der Waals surface area contributed by atoms with E-state index in [4.69, 9.17) is 4.74 Å². The summed E-state index contributed by atoms with van der Waals surface area (Å²) in [5, 5.41) is 14.1. The molecule has 0 saturated heterocycles. The first kappa shape index (κ1) is 21.3. The monoisotopic (exact) mass is 421 g/mol. The molecular formula is C22H28ClNO3S. The fourth-order valence-electron chi connectivity index (χ4n) is 4.26. The lowest BCUT2D eigenvalue weighted by Crippen LogP contribution is -2.44. The Kier molecular flexibility index (Phi) is 6.81. The third-order valence-electron chi connectivity index (χ3n) is 5.75. The molecule has 0 bridgehead atoms. The number of aliphatic hydroxyl groups excluding tert-OH is 1. The van der Waals surface area contributed by atoms with Gasteiger partial charge in [-0.2, -0.15) is 0 Å². The third kappa shape index (κ3) is 4.43. The summed E-state index contributed by atoms with van der Waals surface area (Å²) in [6.45, 7) is 4.72. The van der Waals surface area contributed by atoms with Crippen LogP contribution >= 0.6 is 23.7 Å². The molecule has 0 amide bonds. The minimum absolute atomic E-state index is 0. The highest BCUT2D eigenvalue weighted by molar-refractivity contribution is 7.12. The third-order valence-corrected chi connectivity index (χ3v) is 6.86. The van der Waals surface area contributed by atoms with Crippen LogP contribution in [0.5, 0.6) is 5.75 Å². The number of thiophene rings is 1. The van der Waals surface area contributed by atoms with Gasteiger partial charge in [0.2, 0.25) is 0 Å². The minimum atomic E-state index is -0.553. The highest BCUT2D eigenvalue weighted by atomic mass is 35.5. The number of nitrogens with one attached hydrogen (secondary N) is 1. The number of benzene rings is 1. The van der Waals surface area contributed by atoms with E-state index in [1.807, 2.05) is 37.3 Å². The van der Waals surface area contributed by atoms with Crippen LogP contribution < -0.4 is 10.1 Å². The zero-order valence-electron chi connectivity index (χ0n) is 16.3. The summed E-state index contributed by atoms with van der Waals surface area (Å²) in [5.41, 5.74) is 2.07. The van der Waals surface area contributed by atoms with Gasteiger partial charge in [-0.25, -0.2) is 0 Å². The molecule has 1 fully saturated rings. The van der Waals surface area contributed by atoms with Gasteiger partial charge in [0.1, 0.15) is 18.0 Å². The molecule has 0 radical (unpaired) electrons. The molecular weight excluding hydrogens is 394 g/mol. The van der Waals surface area contributed by atoms with E-state index >= 15 is 0 Å². The van der Waals surface area contributed by atoms with Crippen molar-refractivity contribution in [3.05, 3.63) is 51.2 Å². The van der Waals surface area contributed by atoms with Gasteiger partial charge in [-0.1, -0.05) is 12.1 Å². The number of halogens is 1. The van der Waals surface area contributed by atoms with Crippen molar-refractivity contribution in [1.29, 1.82) is 0 Å². The van der Waals surface area contributed by atoms with Gasteiger partial charge in [0.05, 0.1) is 0 Å². The van der Waals surface area contributed by atoms with Crippen LogP contribution in [-0.4, -0.2) is 35.7 Å². The van der Waals surface area contributed by atoms with E-state index in [-0.39, 0.29) is 36.3 Å². The summed E-state index contributed by atoms with van der Waals surface area (Å²) in [6, 6.07) is 9.94. The van der Waals surface area contributed by atoms with Crippen LogP contribution in [-0.2, 0) is 6.42 Å². The Hall–Kier alpha value is -1.40. The van der Waals surface area contributed by atoms with Gasteiger partial charge in [-0.3, -0.25) is 4.79 Å². The molecule has 2 N–H and O–H groups in total. The first-order valence-corrected chi connectivity index (χ1v) is 10.6. The van der Waals surface area contributed by atoms with Crippen molar-refractivity contribution in [3.63, 3.8) is 0 Å². The normalized spacial score (nSPS) is 26.6. The molecule has 28 heavy (non-hydrogen) atoms. The van der Waals surface area contributed by atoms with Crippen LogP contribution in [0.1, 0.15) is 44.9 Å². The number of hydrogen-bond donors (Lipinski definition) is 2. The Morgan fingerprint density at radius 3 is 2.82 bits per heavy atom. The first-order chi connectivity index (χ1) is 13.0. The van der Waals surface area contributed by atoms with E-state index in [0.717, 1.165) is 42.6 Å². The number of fused-ring (bicyclic) bond motifs is 1. The van der Waals surface area contributed by atoms with Crippen molar-refractivity contribution in [2.24, 2.45) is 5.92 Å². The summed E-state index contributed by atoms with van der Waals surface area (Å²) in [5.74, 6) is 1.08. The van der Waals surface area contributed by atoms with Crippen molar-refractivity contribution >= 4 is 29.5 Å². The summed E-state index contributed by atoms with van der Waals surface area (Å²) >= 11 is 1.74. The molecule has 152 valence electrons. The molecule has 0 spiro atoms. The van der Waals surface area contributed by atoms with Gasteiger partial charge >= 0.3 is 0 Å². The smallest absolute Gasteiger partial charge is 0.168 e. The topological polar surface area (TPSA) is 58.6 Å². The lowest BCUT2D eigenvalue weighted by molar-refractivity contribution is 0.0441. The summed E-state index contributed by atoms with van der Waals surface area (Å²) in [4.78, 5) is 15.2. The Morgan fingerprint density at radius 1 is 1.21 bits per heavy atom. The highest BCUT2D eigenvalue weighted by Crippen LogP contribution is 2.32. The van der Waals surface area contributed by atoms with Crippen LogP contribution in [0.4, 0.5) is 0 Å². The minimum Gasteiger partial charge on any atom is -0.488 e. The second-order valence-corrected chi connectivity index (χ2v) is 9.19. The maximum atomic E-state index is 12.7.